The molecule has 32 heavy (non-hydrogen) atoms. The topological polar surface area (TPSA) is 72.1 Å². The van der Waals surface area contributed by atoms with Crippen molar-refractivity contribution in [2.24, 2.45) is 10.9 Å². The Kier molecular flexibility index (Phi) is 6.45. The highest BCUT2D eigenvalue weighted by Gasteiger charge is 2.22. The monoisotopic (exact) mass is 453 g/mol. The zero-order valence-electron chi connectivity index (χ0n) is 19.0. The molecule has 1 aliphatic rings. The highest BCUT2D eigenvalue weighted by molar-refractivity contribution is 7.15. The first-order valence-corrected chi connectivity index (χ1v) is 11.6. The van der Waals surface area contributed by atoms with Crippen LogP contribution < -0.4 is 0 Å². The molecule has 168 valence electrons. The average Bonchev–Trinajstić information content (AvgIpc) is 3.32. The number of aliphatic imine (C=N–C) groups is 1. The summed E-state index contributed by atoms with van der Waals surface area (Å²) < 4.78 is 16.2. The molecule has 0 spiro atoms. The van der Waals surface area contributed by atoms with Crippen molar-refractivity contribution in [2.45, 2.75) is 53.1 Å². The number of aromatic nitrogens is 5. The van der Waals surface area contributed by atoms with Crippen LogP contribution in [0.4, 0.5) is 9.52 Å². The summed E-state index contributed by atoms with van der Waals surface area (Å²) >= 11 is 1.48. The molecule has 1 aliphatic heterocycles. The molecule has 3 atom stereocenters. The van der Waals surface area contributed by atoms with Crippen molar-refractivity contribution >= 4 is 22.2 Å². The van der Waals surface area contributed by atoms with Gasteiger partial charge in [-0.25, -0.2) is 9.38 Å². The van der Waals surface area contributed by atoms with Gasteiger partial charge in [-0.1, -0.05) is 18.3 Å². The van der Waals surface area contributed by atoms with Gasteiger partial charge in [-0.05, 0) is 58.4 Å². The zero-order chi connectivity index (χ0) is 22.8. The Hall–Kier alpha value is -2.94. The van der Waals surface area contributed by atoms with Gasteiger partial charge in [-0.3, -0.25) is 9.67 Å². The quantitative estimate of drug-likeness (QED) is 0.532. The lowest BCUT2D eigenvalue weighted by Crippen LogP contribution is -2.24. The minimum absolute atomic E-state index is 0.00172. The summed E-state index contributed by atoms with van der Waals surface area (Å²) in [5.41, 5.74) is 3.48. The molecule has 0 saturated carbocycles. The van der Waals surface area contributed by atoms with Gasteiger partial charge in [0, 0.05) is 36.3 Å². The molecule has 0 saturated heterocycles. The molecular weight excluding hydrogens is 425 g/mol. The SMILES string of the molecule is Cc1cc(C)n(C(C)c2nnc(N=C3C=CN(C(C)c4ncccc4F)CCC3C)s2)n1. The standard InChI is InChI=1S/C23H28FN7S/c1-14-8-11-30(17(4)21-19(24)7-6-10-25-21)12-9-20(14)26-23-28-27-22(32-23)18(5)31-16(3)13-15(2)29-31/h6-7,9-10,12-14,17-18H,8,11H2,1-5H3. The van der Waals surface area contributed by atoms with Crippen LogP contribution in [-0.2, 0) is 0 Å². The summed E-state index contributed by atoms with van der Waals surface area (Å²) in [6.07, 6.45) is 6.52. The summed E-state index contributed by atoms with van der Waals surface area (Å²) in [5, 5.41) is 14.7. The molecule has 7 nitrogen and oxygen atoms in total. The number of aryl methyl sites for hydroxylation is 2. The Labute approximate surface area is 191 Å². The van der Waals surface area contributed by atoms with E-state index in [-0.39, 0.29) is 23.8 Å². The van der Waals surface area contributed by atoms with Crippen LogP contribution in [0.2, 0.25) is 0 Å². The lowest BCUT2D eigenvalue weighted by atomic mass is 10.0. The van der Waals surface area contributed by atoms with Crippen LogP contribution in [0, 0.1) is 25.6 Å². The third kappa shape index (κ3) is 4.62. The molecule has 4 heterocycles. The van der Waals surface area contributed by atoms with Gasteiger partial charge < -0.3 is 4.90 Å². The molecule has 0 aromatic carbocycles. The van der Waals surface area contributed by atoms with Crippen molar-refractivity contribution in [3.63, 3.8) is 0 Å². The van der Waals surface area contributed by atoms with E-state index < -0.39 is 0 Å². The molecule has 9 heteroatoms. The maximum atomic E-state index is 14.2. The van der Waals surface area contributed by atoms with E-state index in [9.17, 15) is 4.39 Å². The zero-order valence-corrected chi connectivity index (χ0v) is 19.8. The first-order chi connectivity index (χ1) is 15.3. The fraction of sp³-hybridized carbons (Fsp3) is 0.435. The lowest BCUT2D eigenvalue weighted by Gasteiger charge is -2.26. The Balaban J connectivity index is 1.53. The number of hydrogen-bond acceptors (Lipinski definition) is 7. The highest BCUT2D eigenvalue weighted by Crippen LogP contribution is 2.29. The van der Waals surface area contributed by atoms with E-state index in [2.05, 4.69) is 45.1 Å². The summed E-state index contributed by atoms with van der Waals surface area (Å²) in [4.78, 5) is 11.1. The number of rotatable bonds is 5. The number of pyridine rings is 1. The van der Waals surface area contributed by atoms with Crippen LogP contribution in [0.25, 0.3) is 0 Å². The summed E-state index contributed by atoms with van der Waals surface area (Å²) in [7, 11) is 0. The van der Waals surface area contributed by atoms with Crippen molar-refractivity contribution in [1.29, 1.82) is 0 Å². The number of allylic oxidation sites excluding steroid dienone is 1. The van der Waals surface area contributed by atoms with Crippen molar-refractivity contribution in [3.8, 4) is 0 Å². The smallest absolute Gasteiger partial charge is 0.231 e. The van der Waals surface area contributed by atoms with Crippen LogP contribution >= 0.6 is 11.3 Å². The summed E-state index contributed by atoms with van der Waals surface area (Å²) in [6.45, 7) is 11.0. The minimum atomic E-state index is -0.280. The average molecular weight is 454 g/mol. The Morgan fingerprint density at radius 1 is 1.22 bits per heavy atom. The fourth-order valence-corrected chi connectivity index (χ4v) is 4.70. The Morgan fingerprint density at radius 2 is 2.03 bits per heavy atom. The maximum Gasteiger partial charge on any atom is 0.231 e. The van der Waals surface area contributed by atoms with Gasteiger partial charge in [0.25, 0.3) is 0 Å². The fourth-order valence-electron chi connectivity index (χ4n) is 3.93. The second-order valence-corrected chi connectivity index (χ2v) is 9.28. The predicted molar refractivity (Wildman–Crippen MR) is 125 cm³/mol. The van der Waals surface area contributed by atoms with Gasteiger partial charge in [-0.2, -0.15) is 5.10 Å². The van der Waals surface area contributed by atoms with E-state index in [1.807, 2.05) is 37.7 Å². The van der Waals surface area contributed by atoms with Gasteiger partial charge in [-0.15, -0.1) is 10.2 Å². The van der Waals surface area contributed by atoms with Crippen LogP contribution in [0.15, 0.2) is 41.7 Å². The van der Waals surface area contributed by atoms with E-state index in [0.29, 0.717) is 10.8 Å². The maximum absolute atomic E-state index is 14.2. The molecule has 3 aromatic rings. The largest absolute Gasteiger partial charge is 0.369 e. The number of hydrogen-bond donors (Lipinski definition) is 0. The summed E-state index contributed by atoms with van der Waals surface area (Å²) in [6, 6.07) is 4.97. The first-order valence-electron chi connectivity index (χ1n) is 10.8. The van der Waals surface area contributed by atoms with Crippen molar-refractivity contribution in [3.05, 3.63) is 64.6 Å². The Bertz CT molecular complexity index is 1150. The van der Waals surface area contributed by atoms with Gasteiger partial charge in [0.05, 0.1) is 17.4 Å². The third-order valence-electron chi connectivity index (χ3n) is 5.87. The molecule has 0 bridgehead atoms. The van der Waals surface area contributed by atoms with E-state index >= 15 is 0 Å². The molecule has 0 aliphatic carbocycles. The molecule has 4 rings (SSSR count). The van der Waals surface area contributed by atoms with Crippen LogP contribution in [0.3, 0.4) is 0 Å². The van der Waals surface area contributed by atoms with Gasteiger partial charge in [0.15, 0.2) is 0 Å². The van der Waals surface area contributed by atoms with E-state index in [1.165, 1.54) is 17.4 Å². The molecule has 3 aromatic heterocycles. The van der Waals surface area contributed by atoms with E-state index in [4.69, 9.17) is 4.99 Å². The van der Waals surface area contributed by atoms with Crippen molar-refractivity contribution in [1.82, 2.24) is 29.9 Å². The Morgan fingerprint density at radius 3 is 2.75 bits per heavy atom. The normalized spacial score (nSPS) is 19.9. The molecule has 0 fully saturated rings. The van der Waals surface area contributed by atoms with Gasteiger partial charge in [0.1, 0.15) is 16.9 Å². The molecule has 0 N–H and O–H groups in total. The summed E-state index contributed by atoms with van der Waals surface area (Å²) in [5.74, 6) is -0.0319. The van der Waals surface area contributed by atoms with Crippen LogP contribution in [0.5, 0.6) is 0 Å². The molecular formula is C23H28FN7S. The number of nitrogens with zero attached hydrogens (tertiary/aromatic N) is 7. The van der Waals surface area contributed by atoms with Gasteiger partial charge >= 0.3 is 0 Å². The van der Waals surface area contributed by atoms with Crippen LogP contribution in [-0.4, -0.2) is 42.1 Å². The lowest BCUT2D eigenvalue weighted by molar-refractivity contribution is 0.279. The van der Waals surface area contributed by atoms with E-state index in [0.717, 1.165) is 35.1 Å². The van der Waals surface area contributed by atoms with E-state index in [1.54, 1.807) is 12.3 Å². The first kappa shape index (κ1) is 22.3. The van der Waals surface area contributed by atoms with Crippen molar-refractivity contribution < 1.29 is 4.39 Å². The number of halogens is 1. The minimum Gasteiger partial charge on any atom is -0.369 e. The molecule has 0 radical (unpaired) electrons. The van der Waals surface area contributed by atoms with Crippen molar-refractivity contribution in [2.75, 3.05) is 6.54 Å². The van der Waals surface area contributed by atoms with Gasteiger partial charge in [0.2, 0.25) is 5.13 Å². The second-order valence-electron chi connectivity index (χ2n) is 8.30. The van der Waals surface area contributed by atoms with Crippen LogP contribution in [0.1, 0.15) is 61.4 Å². The molecule has 0 amide bonds. The highest BCUT2D eigenvalue weighted by atomic mass is 32.1. The molecule has 3 unspecified atom stereocenters. The predicted octanol–water partition coefficient (Wildman–Crippen LogP) is 5.18. The second kappa shape index (κ2) is 9.28. The third-order valence-corrected chi connectivity index (χ3v) is 6.85.